The minimum absolute atomic E-state index is 0.126. The molecule has 20 heavy (non-hydrogen) atoms. The molecule has 0 saturated carbocycles. The molecule has 0 unspecified atom stereocenters. The molecule has 1 heterocycles. The van der Waals surface area contributed by atoms with Crippen LogP contribution in [-0.2, 0) is 0 Å². The number of benzene rings is 1. The third-order valence-electron chi connectivity index (χ3n) is 3.31. The molecule has 0 spiro atoms. The monoisotopic (exact) mass is 288 g/mol. The summed E-state index contributed by atoms with van der Waals surface area (Å²) in [5, 5.41) is 0. The molecular weight excluding hydrogens is 268 g/mol. The molecule has 106 valence electrons. The maximum atomic E-state index is 12.6. The van der Waals surface area contributed by atoms with Gasteiger partial charge in [0.05, 0.1) is 6.54 Å². The van der Waals surface area contributed by atoms with Crippen molar-refractivity contribution in [3.8, 4) is 11.8 Å². The highest BCUT2D eigenvalue weighted by Gasteiger charge is 2.19. The molecule has 1 amide bonds. The lowest BCUT2D eigenvalue weighted by Gasteiger charge is -2.21. The molecule has 1 aliphatic heterocycles. The number of carbonyl (C=O) groups excluding carboxylic acids is 1. The second-order valence-corrected chi connectivity index (χ2v) is 6.02. The van der Waals surface area contributed by atoms with E-state index in [9.17, 15) is 4.79 Å². The molecule has 1 fully saturated rings. The molecule has 2 N–H and O–H groups in total. The van der Waals surface area contributed by atoms with Gasteiger partial charge in [-0.3, -0.25) is 4.79 Å². The van der Waals surface area contributed by atoms with Crippen LogP contribution >= 0.6 is 11.8 Å². The first kappa shape index (κ1) is 15.0. The summed E-state index contributed by atoms with van der Waals surface area (Å²) in [4.78, 5) is 14.6. The first-order valence-corrected chi connectivity index (χ1v) is 8.04. The fourth-order valence-corrected chi connectivity index (χ4v) is 3.09. The highest BCUT2D eigenvalue weighted by Crippen LogP contribution is 2.17. The average Bonchev–Trinajstić information content (AvgIpc) is 2.75. The summed E-state index contributed by atoms with van der Waals surface area (Å²) < 4.78 is 0. The van der Waals surface area contributed by atoms with Crippen molar-refractivity contribution in [1.82, 2.24) is 4.90 Å². The summed E-state index contributed by atoms with van der Waals surface area (Å²) in [6.07, 6.45) is 1.07. The van der Waals surface area contributed by atoms with Gasteiger partial charge in [0.2, 0.25) is 0 Å². The van der Waals surface area contributed by atoms with E-state index in [2.05, 4.69) is 11.8 Å². The molecule has 1 saturated heterocycles. The number of nitrogens with two attached hydrogens (primary N) is 1. The van der Waals surface area contributed by atoms with Crippen molar-refractivity contribution >= 4 is 17.7 Å². The number of nitrogens with zero attached hydrogens (tertiary/aromatic N) is 1. The van der Waals surface area contributed by atoms with Gasteiger partial charge < -0.3 is 10.6 Å². The van der Waals surface area contributed by atoms with Crippen LogP contribution in [0.15, 0.2) is 18.2 Å². The van der Waals surface area contributed by atoms with Gasteiger partial charge in [0.25, 0.3) is 5.91 Å². The van der Waals surface area contributed by atoms with Crippen LogP contribution in [0.1, 0.15) is 27.9 Å². The van der Waals surface area contributed by atoms with Crippen LogP contribution in [0.3, 0.4) is 0 Å². The molecule has 1 aromatic rings. The van der Waals surface area contributed by atoms with Crippen molar-refractivity contribution in [3.63, 3.8) is 0 Å². The molecule has 0 aromatic heterocycles. The van der Waals surface area contributed by atoms with Crippen molar-refractivity contribution in [3.05, 3.63) is 34.9 Å². The van der Waals surface area contributed by atoms with Gasteiger partial charge in [-0.1, -0.05) is 17.9 Å². The number of hydrogen-bond donors (Lipinski definition) is 1. The molecule has 4 heteroatoms. The maximum Gasteiger partial charge on any atom is 0.254 e. The predicted molar refractivity (Wildman–Crippen MR) is 85.0 cm³/mol. The number of hydrogen-bond acceptors (Lipinski definition) is 3. The highest BCUT2D eigenvalue weighted by molar-refractivity contribution is 7.99. The summed E-state index contributed by atoms with van der Waals surface area (Å²) in [5.41, 5.74) is 8.01. The van der Waals surface area contributed by atoms with Crippen molar-refractivity contribution in [1.29, 1.82) is 0 Å². The van der Waals surface area contributed by atoms with Gasteiger partial charge in [0.15, 0.2) is 0 Å². The first-order valence-electron chi connectivity index (χ1n) is 6.89. The number of aryl methyl sites for hydroxylation is 1. The standard InChI is InChI=1S/C16H20N2OS/c1-13-5-6-14(4-2-7-17)12-15(13)16(19)18-8-3-10-20-11-9-18/h5-6,12H,3,7-11,17H2,1H3. The number of carbonyl (C=O) groups is 1. The summed E-state index contributed by atoms with van der Waals surface area (Å²) in [7, 11) is 0. The second kappa shape index (κ2) is 7.37. The van der Waals surface area contributed by atoms with E-state index in [4.69, 9.17) is 5.73 Å². The van der Waals surface area contributed by atoms with Crippen LogP contribution in [0.2, 0.25) is 0 Å². The Morgan fingerprint density at radius 2 is 2.25 bits per heavy atom. The summed E-state index contributed by atoms with van der Waals surface area (Å²) in [6, 6.07) is 5.78. The molecule has 1 aliphatic rings. The lowest BCUT2D eigenvalue weighted by Crippen LogP contribution is -2.33. The van der Waals surface area contributed by atoms with E-state index in [1.807, 2.05) is 41.8 Å². The summed E-state index contributed by atoms with van der Waals surface area (Å²) >= 11 is 1.92. The Kier molecular flexibility index (Phi) is 5.51. The van der Waals surface area contributed by atoms with E-state index in [0.717, 1.165) is 47.7 Å². The minimum Gasteiger partial charge on any atom is -0.338 e. The topological polar surface area (TPSA) is 46.3 Å². The molecule has 0 bridgehead atoms. The van der Waals surface area contributed by atoms with Crippen LogP contribution in [0.4, 0.5) is 0 Å². The van der Waals surface area contributed by atoms with E-state index in [-0.39, 0.29) is 5.91 Å². The SMILES string of the molecule is Cc1ccc(C#CCN)cc1C(=O)N1CCCSCC1. The number of rotatable bonds is 1. The minimum atomic E-state index is 0.126. The second-order valence-electron chi connectivity index (χ2n) is 4.79. The van der Waals surface area contributed by atoms with Gasteiger partial charge >= 0.3 is 0 Å². The molecule has 2 rings (SSSR count). The smallest absolute Gasteiger partial charge is 0.254 e. The van der Waals surface area contributed by atoms with Crippen LogP contribution in [0.5, 0.6) is 0 Å². The Hall–Kier alpha value is -1.44. The molecule has 3 nitrogen and oxygen atoms in total. The summed E-state index contributed by atoms with van der Waals surface area (Å²) in [6.45, 7) is 3.99. The average molecular weight is 288 g/mol. The third kappa shape index (κ3) is 3.78. The lowest BCUT2D eigenvalue weighted by atomic mass is 10.0. The van der Waals surface area contributed by atoms with Gasteiger partial charge in [-0.25, -0.2) is 0 Å². The third-order valence-corrected chi connectivity index (χ3v) is 4.36. The quantitative estimate of drug-likeness (QED) is 0.803. The van der Waals surface area contributed by atoms with E-state index in [0.29, 0.717) is 6.54 Å². The molecule has 0 atom stereocenters. The highest BCUT2D eigenvalue weighted by atomic mass is 32.2. The number of thioether (sulfide) groups is 1. The maximum absolute atomic E-state index is 12.6. The van der Waals surface area contributed by atoms with Crippen molar-refractivity contribution in [2.45, 2.75) is 13.3 Å². The van der Waals surface area contributed by atoms with E-state index in [1.54, 1.807) is 0 Å². The zero-order valence-corrected chi connectivity index (χ0v) is 12.6. The van der Waals surface area contributed by atoms with Crippen LogP contribution in [0.25, 0.3) is 0 Å². The Balaban J connectivity index is 2.23. The largest absolute Gasteiger partial charge is 0.338 e. The normalized spacial score (nSPS) is 15.2. The zero-order valence-electron chi connectivity index (χ0n) is 11.8. The van der Waals surface area contributed by atoms with Crippen LogP contribution < -0.4 is 5.73 Å². The predicted octanol–water partition coefficient (Wildman–Crippen LogP) is 1.88. The fraction of sp³-hybridized carbons (Fsp3) is 0.438. The lowest BCUT2D eigenvalue weighted by molar-refractivity contribution is 0.0768. The molecule has 0 aliphatic carbocycles. The van der Waals surface area contributed by atoms with Gasteiger partial charge in [-0.15, -0.1) is 0 Å². The van der Waals surface area contributed by atoms with Gasteiger partial charge in [-0.05, 0) is 36.8 Å². The Bertz CT molecular complexity index is 537. The molecule has 1 aromatic carbocycles. The van der Waals surface area contributed by atoms with Crippen molar-refractivity contribution < 1.29 is 4.79 Å². The summed E-state index contributed by atoms with van der Waals surface area (Å²) in [5.74, 6) is 8.12. The van der Waals surface area contributed by atoms with Crippen LogP contribution in [0, 0.1) is 18.8 Å². The van der Waals surface area contributed by atoms with Crippen LogP contribution in [-0.4, -0.2) is 41.9 Å². The first-order chi connectivity index (χ1) is 9.72. The van der Waals surface area contributed by atoms with Crippen molar-refractivity contribution in [2.24, 2.45) is 5.73 Å². The Labute approximate surface area is 124 Å². The molecule has 0 radical (unpaired) electrons. The fourth-order valence-electron chi connectivity index (χ4n) is 2.20. The Morgan fingerprint density at radius 3 is 3.05 bits per heavy atom. The number of amides is 1. The van der Waals surface area contributed by atoms with Crippen molar-refractivity contribution in [2.75, 3.05) is 31.1 Å². The van der Waals surface area contributed by atoms with Gasteiger partial charge in [-0.2, -0.15) is 11.8 Å². The molecular formula is C16H20N2OS. The zero-order chi connectivity index (χ0) is 14.4. The van der Waals surface area contributed by atoms with E-state index in [1.165, 1.54) is 0 Å². The van der Waals surface area contributed by atoms with E-state index >= 15 is 0 Å². The Morgan fingerprint density at radius 1 is 1.40 bits per heavy atom. The van der Waals surface area contributed by atoms with E-state index < -0.39 is 0 Å². The van der Waals surface area contributed by atoms with Gasteiger partial charge in [0, 0.05) is 30.0 Å². The van der Waals surface area contributed by atoms with Gasteiger partial charge in [0.1, 0.15) is 0 Å².